The fourth-order valence-corrected chi connectivity index (χ4v) is 1.16. The van der Waals surface area contributed by atoms with Crippen LogP contribution < -0.4 is 16.0 Å². The quantitative estimate of drug-likeness (QED) is 0.702. The number of nitrogens with one attached hydrogen (secondary N) is 3. The van der Waals surface area contributed by atoms with Gasteiger partial charge < -0.3 is 16.0 Å². The van der Waals surface area contributed by atoms with Gasteiger partial charge in [0.05, 0.1) is 12.7 Å². The minimum absolute atomic E-state index is 0.00838. The highest BCUT2D eigenvalue weighted by Gasteiger charge is 2.08. The Morgan fingerprint density at radius 3 is 2.83 bits per heavy atom. The van der Waals surface area contributed by atoms with E-state index < -0.39 is 5.82 Å². The van der Waals surface area contributed by atoms with Crippen LogP contribution in [0.25, 0.3) is 0 Å². The average molecular weight is 255 g/mol. The molecule has 1 aromatic rings. The third kappa shape index (κ3) is 4.52. The Morgan fingerprint density at radius 1 is 1.50 bits per heavy atom. The summed E-state index contributed by atoms with van der Waals surface area (Å²) in [5.41, 5.74) is 0. The van der Waals surface area contributed by atoms with Gasteiger partial charge in [-0.25, -0.2) is 9.37 Å². The van der Waals surface area contributed by atoms with E-state index in [-0.39, 0.29) is 18.3 Å². The van der Waals surface area contributed by atoms with Crippen LogP contribution in [-0.4, -0.2) is 36.0 Å². The summed E-state index contributed by atoms with van der Waals surface area (Å²) in [6.07, 6.45) is 1.05. The molecule has 100 valence electrons. The SMILES string of the molecule is CNc1ncc(F)c(NCC(=O)NCC(C)C)n1. The monoisotopic (exact) mass is 255 g/mol. The highest BCUT2D eigenvalue weighted by atomic mass is 19.1. The molecule has 1 heterocycles. The molecule has 6 nitrogen and oxygen atoms in total. The van der Waals surface area contributed by atoms with E-state index in [0.717, 1.165) is 6.20 Å². The van der Waals surface area contributed by atoms with Crippen LogP contribution in [0, 0.1) is 11.7 Å². The summed E-state index contributed by atoms with van der Waals surface area (Å²) in [6.45, 7) is 4.56. The number of aromatic nitrogens is 2. The van der Waals surface area contributed by atoms with Gasteiger partial charge in [-0.3, -0.25) is 4.79 Å². The van der Waals surface area contributed by atoms with Gasteiger partial charge in [-0.1, -0.05) is 13.8 Å². The van der Waals surface area contributed by atoms with Gasteiger partial charge in [0.2, 0.25) is 11.9 Å². The van der Waals surface area contributed by atoms with Gasteiger partial charge >= 0.3 is 0 Å². The number of halogens is 1. The predicted octanol–water partition coefficient (Wildman–Crippen LogP) is 0.841. The third-order valence-corrected chi connectivity index (χ3v) is 2.09. The molecule has 0 saturated carbocycles. The lowest BCUT2D eigenvalue weighted by molar-refractivity contribution is -0.119. The van der Waals surface area contributed by atoms with Gasteiger partial charge in [-0.2, -0.15) is 4.98 Å². The number of nitrogens with zero attached hydrogens (tertiary/aromatic N) is 2. The van der Waals surface area contributed by atoms with Crippen molar-refractivity contribution in [2.75, 3.05) is 30.8 Å². The van der Waals surface area contributed by atoms with E-state index in [1.165, 1.54) is 0 Å². The van der Waals surface area contributed by atoms with Gasteiger partial charge in [0, 0.05) is 13.6 Å². The Balaban J connectivity index is 2.50. The average Bonchev–Trinajstić information content (AvgIpc) is 2.35. The van der Waals surface area contributed by atoms with Gasteiger partial charge in [-0.15, -0.1) is 0 Å². The number of carbonyl (C=O) groups is 1. The smallest absolute Gasteiger partial charge is 0.239 e. The highest BCUT2D eigenvalue weighted by Crippen LogP contribution is 2.10. The van der Waals surface area contributed by atoms with Crippen molar-refractivity contribution in [1.29, 1.82) is 0 Å². The summed E-state index contributed by atoms with van der Waals surface area (Å²) < 4.78 is 13.3. The van der Waals surface area contributed by atoms with E-state index in [1.54, 1.807) is 7.05 Å². The van der Waals surface area contributed by atoms with Crippen molar-refractivity contribution in [3.8, 4) is 0 Å². The van der Waals surface area contributed by atoms with Crippen LogP contribution in [0.2, 0.25) is 0 Å². The van der Waals surface area contributed by atoms with Crippen LogP contribution in [0.15, 0.2) is 6.20 Å². The normalized spacial score (nSPS) is 10.3. The Labute approximate surface area is 105 Å². The summed E-state index contributed by atoms with van der Waals surface area (Å²) >= 11 is 0. The van der Waals surface area contributed by atoms with Crippen molar-refractivity contribution in [3.63, 3.8) is 0 Å². The van der Waals surface area contributed by atoms with Crippen LogP contribution in [0.3, 0.4) is 0 Å². The maximum Gasteiger partial charge on any atom is 0.239 e. The summed E-state index contributed by atoms with van der Waals surface area (Å²) in [7, 11) is 1.63. The van der Waals surface area contributed by atoms with Gasteiger partial charge in [0.25, 0.3) is 0 Å². The molecule has 0 aliphatic heterocycles. The molecular formula is C11H18FN5O. The minimum atomic E-state index is -0.592. The summed E-state index contributed by atoms with van der Waals surface area (Å²) in [6, 6.07) is 0. The van der Waals surface area contributed by atoms with Crippen molar-refractivity contribution in [1.82, 2.24) is 15.3 Å². The van der Waals surface area contributed by atoms with Crippen LogP contribution in [-0.2, 0) is 4.79 Å². The molecule has 0 spiro atoms. The number of hydrogen-bond donors (Lipinski definition) is 3. The Bertz CT molecular complexity index is 410. The molecule has 0 bridgehead atoms. The second-order valence-corrected chi connectivity index (χ2v) is 4.19. The molecule has 0 saturated heterocycles. The Hall–Kier alpha value is -1.92. The maximum absolute atomic E-state index is 13.3. The van der Waals surface area contributed by atoms with Crippen LogP contribution in [0.4, 0.5) is 16.2 Å². The molecule has 0 unspecified atom stereocenters. The molecule has 1 aromatic heterocycles. The molecule has 0 fully saturated rings. The fraction of sp³-hybridized carbons (Fsp3) is 0.545. The lowest BCUT2D eigenvalue weighted by atomic mass is 10.2. The molecule has 0 aliphatic rings. The summed E-state index contributed by atoms with van der Waals surface area (Å²) in [5, 5.41) is 8.04. The van der Waals surface area contributed by atoms with E-state index in [9.17, 15) is 9.18 Å². The first kappa shape index (κ1) is 14.1. The van der Waals surface area contributed by atoms with Crippen LogP contribution in [0.1, 0.15) is 13.8 Å². The van der Waals surface area contributed by atoms with Crippen molar-refractivity contribution in [2.24, 2.45) is 5.92 Å². The second kappa shape index (κ2) is 6.73. The molecular weight excluding hydrogens is 237 g/mol. The van der Waals surface area contributed by atoms with Gasteiger partial charge in [0.1, 0.15) is 0 Å². The van der Waals surface area contributed by atoms with Gasteiger partial charge in [0.15, 0.2) is 11.6 Å². The topological polar surface area (TPSA) is 78.9 Å². The summed E-state index contributed by atoms with van der Waals surface area (Å²) in [5.74, 6) is -0.116. The van der Waals surface area contributed by atoms with Crippen molar-refractivity contribution in [3.05, 3.63) is 12.0 Å². The number of carbonyl (C=O) groups excluding carboxylic acids is 1. The molecule has 1 amide bonds. The van der Waals surface area contributed by atoms with E-state index in [2.05, 4.69) is 25.9 Å². The van der Waals surface area contributed by atoms with E-state index in [4.69, 9.17) is 0 Å². The summed E-state index contributed by atoms with van der Waals surface area (Å²) in [4.78, 5) is 19.0. The lowest BCUT2D eigenvalue weighted by Gasteiger charge is -2.09. The van der Waals surface area contributed by atoms with Crippen molar-refractivity contribution < 1.29 is 9.18 Å². The highest BCUT2D eigenvalue weighted by molar-refractivity contribution is 5.80. The molecule has 0 aliphatic carbocycles. The predicted molar refractivity (Wildman–Crippen MR) is 67.9 cm³/mol. The molecule has 18 heavy (non-hydrogen) atoms. The Kier molecular flexibility index (Phi) is 5.29. The van der Waals surface area contributed by atoms with Crippen molar-refractivity contribution in [2.45, 2.75) is 13.8 Å². The largest absolute Gasteiger partial charge is 0.358 e. The van der Waals surface area contributed by atoms with Gasteiger partial charge in [-0.05, 0) is 5.92 Å². The zero-order valence-electron chi connectivity index (χ0n) is 10.7. The maximum atomic E-state index is 13.3. The Morgan fingerprint density at radius 2 is 2.22 bits per heavy atom. The number of anilines is 2. The number of rotatable bonds is 6. The fourth-order valence-electron chi connectivity index (χ4n) is 1.16. The lowest BCUT2D eigenvalue weighted by Crippen LogP contribution is -2.32. The van der Waals surface area contributed by atoms with Crippen LogP contribution in [0.5, 0.6) is 0 Å². The molecule has 0 radical (unpaired) electrons. The second-order valence-electron chi connectivity index (χ2n) is 4.19. The molecule has 3 N–H and O–H groups in total. The van der Waals surface area contributed by atoms with E-state index in [1.807, 2.05) is 13.8 Å². The zero-order valence-corrected chi connectivity index (χ0v) is 10.7. The number of hydrogen-bond acceptors (Lipinski definition) is 5. The van der Waals surface area contributed by atoms with E-state index in [0.29, 0.717) is 18.4 Å². The minimum Gasteiger partial charge on any atom is -0.358 e. The first-order valence-corrected chi connectivity index (χ1v) is 5.73. The first-order chi connectivity index (χ1) is 8.52. The molecule has 7 heteroatoms. The standard InChI is InChI=1S/C11H18FN5O/c1-7(2)4-14-9(18)6-15-10-8(12)5-16-11(13-3)17-10/h5,7H,4,6H2,1-3H3,(H,14,18)(H2,13,15,16,17). The van der Waals surface area contributed by atoms with Crippen LogP contribution >= 0.6 is 0 Å². The number of amides is 1. The molecule has 1 rings (SSSR count). The molecule has 0 atom stereocenters. The van der Waals surface area contributed by atoms with E-state index >= 15 is 0 Å². The zero-order chi connectivity index (χ0) is 13.5. The molecule has 0 aromatic carbocycles. The van der Waals surface area contributed by atoms with Crippen molar-refractivity contribution >= 4 is 17.7 Å². The third-order valence-electron chi connectivity index (χ3n) is 2.09. The first-order valence-electron chi connectivity index (χ1n) is 5.73.